The Morgan fingerprint density at radius 2 is 1.96 bits per heavy atom. The van der Waals surface area contributed by atoms with E-state index in [2.05, 4.69) is 5.32 Å². The lowest BCUT2D eigenvalue weighted by atomic mass is 9.91. The van der Waals surface area contributed by atoms with E-state index >= 15 is 0 Å². The molecule has 6 nitrogen and oxygen atoms in total. The van der Waals surface area contributed by atoms with Crippen LogP contribution in [0, 0.1) is 5.92 Å². The van der Waals surface area contributed by atoms with Crippen molar-refractivity contribution in [3.63, 3.8) is 0 Å². The predicted molar refractivity (Wildman–Crippen MR) is 88.0 cm³/mol. The summed E-state index contributed by atoms with van der Waals surface area (Å²) < 4.78 is 14.9. The van der Waals surface area contributed by atoms with Gasteiger partial charge >= 0.3 is 11.9 Å². The lowest BCUT2D eigenvalue weighted by Gasteiger charge is -2.25. The van der Waals surface area contributed by atoms with Gasteiger partial charge in [0.1, 0.15) is 11.7 Å². The van der Waals surface area contributed by atoms with Gasteiger partial charge in [0.2, 0.25) is 0 Å². The molecule has 0 bridgehead atoms. The average Bonchev–Trinajstić information content (AvgIpc) is 2.65. The number of ether oxygens (including phenoxy) is 3. The maximum Gasteiger partial charge on any atom is 0.338 e. The number of piperidine rings is 1. The molecule has 1 aromatic carbocycles. The quantitative estimate of drug-likeness (QED) is 0.782. The summed E-state index contributed by atoms with van der Waals surface area (Å²) in [6.45, 7) is 0.768. The number of aryl methyl sites for hydroxylation is 1. The van der Waals surface area contributed by atoms with E-state index in [4.69, 9.17) is 14.2 Å². The summed E-state index contributed by atoms with van der Waals surface area (Å²) in [6, 6.07) is 5.96. The lowest BCUT2D eigenvalue weighted by molar-refractivity contribution is -0.702. The van der Waals surface area contributed by atoms with Crippen molar-refractivity contribution < 1.29 is 29.1 Å². The molecule has 2 rings (SSSR count). The molecule has 0 amide bonds. The summed E-state index contributed by atoms with van der Waals surface area (Å²) in [5.74, 6) is 0.178. The third kappa shape index (κ3) is 4.47. The van der Waals surface area contributed by atoms with Crippen LogP contribution in [0.4, 0.5) is 0 Å². The van der Waals surface area contributed by atoms with Crippen LogP contribution >= 0.6 is 0 Å². The summed E-state index contributed by atoms with van der Waals surface area (Å²) in [6.07, 6.45) is 3.58. The maximum absolute atomic E-state index is 12.0. The normalized spacial score (nSPS) is 20.3. The average molecular weight is 336 g/mol. The molecule has 2 atom stereocenters. The summed E-state index contributed by atoms with van der Waals surface area (Å²) in [7, 11) is 4.39. The molecule has 1 aromatic rings. The third-order valence-corrected chi connectivity index (χ3v) is 4.68. The van der Waals surface area contributed by atoms with Crippen LogP contribution in [0.5, 0.6) is 5.75 Å². The highest BCUT2D eigenvalue weighted by Crippen LogP contribution is 2.21. The van der Waals surface area contributed by atoms with Gasteiger partial charge < -0.3 is 19.5 Å². The molecule has 0 saturated carbocycles. The molecule has 2 unspecified atom stereocenters. The monoisotopic (exact) mass is 336 g/mol. The van der Waals surface area contributed by atoms with Crippen LogP contribution in [0.2, 0.25) is 0 Å². The number of hydrogen-bond donors (Lipinski definition) is 1. The first-order chi connectivity index (χ1) is 11.6. The van der Waals surface area contributed by atoms with E-state index in [0.29, 0.717) is 17.4 Å². The van der Waals surface area contributed by atoms with E-state index in [1.807, 2.05) is 12.1 Å². The number of hydrogen-bond acceptors (Lipinski definition) is 5. The zero-order valence-electron chi connectivity index (χ0n) is 14.5. The molecule has 0 spiro atoms. The van der Waals surface area contributed by atoms with Gasteiger partial charge in [-0.15, -0.1) is 0 Å². The number of rotatable bonds is 6. The van der Waals surface area contributed by atoms with E-state index in [9.17, 15) is 9.59 Å². The first-order valence-electron chi connectivity index (χ1n) is 8.25. The van der Waals surface area contributed by atoms with Crippen molar-refractivity contribution >= 4 is 11.9 Å². The van der Waals surface area contributed by atoms with Gasteiger partial charge in [0.15, 0.2) is 0 Å². The Labute approximate surface area is 142 Å². The smallest absolute Gasteiger partial charge is 0.338 e. The second-order valence-corrected chi connectivity index (χ2v) is 6.08. The van der Waals surface area contributed by atoms with Gasteiger partial charge in [-0.2, -0.15) is 0 Å². The van der Waals surface area contributed by atoms with Crippen LogP contribution in [0.25, 0.3) is 0 Å². The maximum atomic E-state index is 12.0. The number of carbonyl (C=O) groups is 2. The van der Waals surface area contributed by atoms with Crippen molar-refractivity contribution in [3.05, 3.63) is 29.3 Å². The molecule has 1 aliphatic heterocycles. The Morgan fingerprint density at radius 3 is 2.54 bits per heavy atom. The van der Waals surface area contributed by atoms with Crippen LogP contribution in [0.15, 0.2) is 18.2 Å². The summed E-state index contributed by atoms with van der Waals surface area (Å²) in [4.78, 5) is 23.5. The molecule has 1 fully saturated rings. The highest BCUT2D eigenvalue weighted by Gasteiger charge is 2.29. The van der Waals surface area contributed by atoms with Crippen molar-refractivity contribution in [1.82, 2.24) is 0 Å². The van der Waals surface area contributed by atoms with Crippen LogP contribution in [0.1, 0.15) is 35.2 Å². The number of carbonyl (C=O) groups excluding carboxylic acids is 2. The van der Waals surface area contributed by atoms with E-state index in [-0.39, 0.29) is 17.9 Å². The second-order valence-electron chi connectivity index (χ2n) is 6.08. The second kappa shape index (κ2) is 8.68. The summed E-state index contributed by atoms with van der Waals surface area (Å²) in [5.41, 5.74) is 1.52. The molecule has 132 valence electrons. The van der Waals surface area contributed by atoms with Gasteiger partial charge in [-0.05, 0) is 30.5 Å². The zero-order chi connectivity index (χ0) is 17.5. The molecule has 1 heterocycles. The van der Waals surface area contributed by atoms with E-state index < -0.39 is 0 Å². The van der Waals surface area contributed by atoms with Crippen LogP contribution < -0.4 is 10.1 Å². The first kappa shape index (κ1) is 18.3. The van der Waals surface area contributed by atoms with Gasteiger partial charge in [0, 0.05) is 12.8 Å². The Hall–Kier alpha value is -2.08. The van der Waals surface area contributed by atoms with Crippen molar-refractivity contribution in [3.8, 4) is 5.75 Å². The van der Waals surface area contributed by atoms with Crippen LogP contribution in [-0.4, -0.2) is 45.9 Å². The fraction of sp³-hybridized carbons (Fsp3) is 0.556. The number of quaternary nitrogens is 1. The Morgan fingerprint density at radius 1 is 1.17 bits per heavy atom. The molecule has 6 heteroatoms. The van der Waals surface area contributed by atoms with E-state index in [1.54, 1.807) is 13.2 Å². The van der Waals surface area contributed by atoms with Crippen LogP contribution in [0.3, 0.4) is 0 Å². The Bertz CT molecular complexity index is 579. The molecule has 0 aliphatic carbocycles. The van der Waals surface area contributed by atoms with Crippen molar-refractivity contribution in [2.75, 3.05) is 27.9 Å². The summed E-state index contributed by atoms with van der Waals surface area (Å²) in [5, 5.41) is 2.21. The van der Waals surface area contributed by atoms with E-state index in [1.165, 1.54) is 14.2 Å². The van der Waals surface area contributed by atoms with Crippen molar-refractivity contribution in [2.45, 2.75) is 31.7 Å². The number of benzene rings is 1. The van der Waals surface area contributed by atoms with Gasteiger partial charge in [0.25, 0.3) is 0 Å². The third-order valence-electron chi connectivity index (χ3n) is 4.68. The summed E-state index contributed by atoms with van der Waals surface area (Å²) >= 11 is 0. The SMILES string of the molecule is COC(=O)c1cc(OC)ccc1CCC1CCC(C(=O)OC)C[NH2+]1. The Balaban J connectivity index is 1.95. The zero-order valence-corrected chi connectivity index (χ0v) is 14.5. The molecule has 24 heavy (non-hydrogen) atoms. The molecule has 0 radical (unpaired) electrons. The predicted octanol–water partition coefficient (Wildman–Crippen LogP) is 0.929. The topological polar surface area (TPSA) is 78.4 Å². The Kier molecular flexibility index (Phi) is 6.61. The van der Waals surface area contributed by atoms with Crippen molar-refractivity contribution in [1.29, 1.82) is 0 Å². The molecular formula is C18H26NO5+. The molecule has 1 saturated heterocycles. The molecule has 1 aliphatic rings. The van der Waals surface area contributed by atoms with Gasteiger partial charge in [-0.3, -0.25) is 4.79 Å². The van der Waals surface area contributed by atoms with Gasteiger partial charge in [-0.1, -0.05) is 6.07 Å². The van der Waals surface area contributed by atoms with Gasteiger partial charge in [0.05, 0.1) is 39.5 Å². The minimum atomic E-state index is -0.345. The lowest BCUT2D eigenvalue weighted by Crippen LogP contribution is -2.93. The number of esters is 2. The molecule has 2 N–H and O–H groups in total. The molecular weight excluding hydrogens is 310 g/mol. The highest BCUT2D eigenvalue weighted by atomic mass is 16.5. The number of nitrogens with two attached hydrogens (primary N) is 1. The van der Waals surface area contributed by atoms with E-state index in [0.717, 1.165) is 37.8 Å². The van der Waals surface area contributed by atoms with Gasteiger partial charge in [-0.25, -0.2) is 4.79 Å². The first-order valence-corrected chi connectivity index (χ1v) is 8.25. The van der Waals surface area contributed by atoms with Crippen molar-refractivity contribution in [2.24, 2.45) is 5.92 Å². The van der Waals surface area contributed by atoms with Crippen LogP contribution in [-0.2, 0) is 20.7 Å². The fourth-order valence-electron chi connectivity index (χ4n) is 3.19. The fourth-order valence-corrected chi connectivity index (χ4v) is 3.19. The molecule has 0 aromatic heterocycles. The standard InChI is InChI=1S/C18H25NO5/c1-22-15-9-6-12(16(10-15)18(21)24-3)4-7-14-8-5-13(11-19-14)17(20)23-2/h6,9-10,13-14,19H,4-5,7-8,11H2,1-3H3/p+1. The largest absolute Gasteiger partial charge is 0.497 e. The minimum Gasteiger partial charge on any atom is -0.497 e. The highest BCUT2D eigenvalue weighted by molar-refractivity contribution is 5.91. The minimum absolute atomic E-state index is 0.00198. The number of methoxy groups -OCH3 is 3.